The minimum atomic E-state index is -0.364. The van der Waals surface area contributed by atoms with Gasteiger partial charge in [0.2, 0.25) is 11.8 Å². The molecule has 4 N–H and O–H groups in total. The third-order valence-corrected chi connectivity index (χ3v) is 3.97. The first kappa shape index (κ1) is 18.1. The van der Waals surface area contributed by atoms with Crippen LogP contribution >= 0.6 is 0 Å². The van der Waals surface area contributed by atoms with E-state index in [1.165, 1.54) is 12.8 Å². The molecule has 1 aliphatic rings. The van der Waals surface area contributed by atoms with Gasteiger partial charge in [-0.15, -0.1) is 0 Å². The number of carbonyl (C=O) groups is 2. The van der Waals surface area contributed by atoms with Gasteiger partial charge in [-0.2, -0.15) is 0 Å². The largest absolute Gasteiger partial charge is 0.493 e. The number of nitrogens with two attached hydrogens (primary N) is 1. The van der Waals surface area contributed by atoms with E-state index in [1.54, 1.807) is 7.11 Å². The molecule has 1 fully saturated rings. The Morgan fingerprint density at radius 1 is 1.21 bits per heavy atom. The average Bonchev–Trinajstić information content (AvgIpc) is 3.11. The van der Waals surface area contributed by atoms with Gasteiger partial charge in [0.05, 0.1) is 26.3 Å². The number of carbonyl (C=O) groups excluding carboxylic acids is 2. The highest BCUT2D eigenvalue weighted by atomic mass is 16.5. The van der Waals surface area contributed by atoms with Crippen LogP contribution in [-0.2, 0) is 16.1 Å². The van der Waals surface area contributed by atoms with Crippen LogP contribution in [0.2, 0.25) is 0 Å². The fourth-order valence-corrected chi connectivity index (χ4v) is 2.68. The van der Waals surface area contributed by atoms with Crippen molar-refractivity contribution in [3.63, 3.8) is 0 Å². The number of methoxy groups -OCH3 is 1. The molecule has 7 nitrogen and oxygen atoms in total. The molecule has 24 heavy (non-hydrogen) atoms. The van der Waals surface area contributed by atoms with Crippen LogP contribution in [0.5, 0.6) is 11.5 Å². The Hall–Kier alpha value is -2.28. The highest BCUT2D eigenvalue weighted by molar-refractivity contribution is 5.85. The highest BCUT2D eigenvalue weighted by Crippen LogP contribution is 2.34. The molecule has 0 atom stereocenters. The third kappa shape index (κ3) is 5.13. The molecule has 0 spiro atoms. The van der Waals surface area contributed by atoms with E-state index in [0.717, 1.165) is 18.4 Å². The second kappa shape index (κ2) is 9.12. The van der Waals surface area contributed by atoms with E-state index in [2.05, 4.69) is 10.6 Å². The molecule has 0 heterocycles. The van der Waals surface area contributed by atoms with Crippen molar-refractivity contribution in [2.24, 2.45) is 5.73 Å². The highest BCUT2D eigenvalue weighted by Gasteiger charge is 2.20. The number of amides is 2. The van der Waals surface area contributed by atoms with Crippen LogP contribution in [0.25, 0.3) is 0 Å². The summed E-state index contributed by atoms with van der Waals surface area (Å²) in [4.78, 5) is 22.9. The van der Waals surface area contributed by atoms with Gasteiger partial charge in [-0.1, -0.05) is 12.1 Å². The van der Waals surface area contributed by atoms with Crippen molar-refractivity contribution in [3.8, 4) is 11.5 Å². The van der Waals surface area contributed by atoms with Gasteiger partial charge in [0.1, 0.15) is 0 Å². The monoisotopic (exact) mass is 335 g/mol. The zero-order chi connectivity index (χ0) is 17.4. The van der Waals surface area contributed by atoms with Crippen molar-refractivity contribution in [3.05, 3.63) is 23.8 Å². The topological polar surface area (TPSA) is 103 Å². The zero-order valence-corrected chi connectivity index (χ0v) is 14.0. The standard InChI is InChI=1S/C17H25N3O4/c1-23-14-8-4-5-12(17(14)24-13-6-2-3-7-13)10-19-16(22)11-20-15(21)9-18/h4-5,8,13H,2-3,6-7,9-11,18H2,1H3,(H,19,22)(H,20,21). The van der Waals surface area contributed by atoms with Crippen molar-refractivity contribution in [1.29, 1.82) is 0 Å². The molecule has 0 radical (unpaired) electrons. The predicted molar refractivity (Wildman–Crippen MR) is 89.8 cm³/mol. The summed E-state index contributed by atoms with van der Waals surface area (Å²) in [5.74, 6) is 0.687. The Labute approximate surface area is 141 Å². The van der Waals surface area contributed by atoms with Gasteiger partial charge in [0.15, 0.2) is 11.5 Å². The number of hydrogen-bond acceptors (Lipinski definition) is 5. The molecule has 1 aromatic rings. The normalized spacial score (nSPS) is 14.2. The van der Waals surface area contributed by atoms with Gasteiger partial charge in [-0.05, 0) is 31.7 Å². The van der Waals surface area contributed by atoms with Crippen molar-refractivity contribution < 1.29 is 19.1 Å². The van der Waals surface area contributed by atoms with Gasteiger partial charge >= 0.3 is 0 Å². The maximum atomic E-state index is 11.8. The Morgan fingerprint density at radius 2 is 1.96 bits per heavy atom. The summed E-state index contributed by atoms with van der Waals surface area (Å²) in [6, 6.07) is 5.60. The number of nitrogens with one attached hydrogen (secondary N) is 2. The molecule has 0 aromatic heterocycles. The summed E-state index contributed by atoms with van der Waals surface area (Å²) in [7, 11) is 1.60. The van der Waals surface area contributed by atoms with Gasteiger partial charge in [0.25, 0.3) is 0 Å². The maximum Gasteiger partial charge on any atom is 0.239 e. The molecule has 0 bridgehead atoms. The maximum absolute atomic E-state index is 11.8. The molecule has 2 rings (SSSR count). The summed E-state index contributed by atoms with van der Waals surface area (Å²) in [6.45, 7) is 0.0674. The van der Waals surface area contributed by atoms with Crippen molar-refractivity contribution >= 4 is 11.8 Å². The minimum Gasteiger partial charge on any atom is -0.493 e. The molecule has 7 heteroatoms. The average molecular weight is 335 g/mol. The zero-order valence-electron chi connectivity index (χ0n) is 14.0. The lowest BCUT2D eigenvalue weighted by Gasteiger charge is -2.19. The lowest BCUT2D eigenvalue weighted by Crippen LogP contribution is -2.39. The summed E-state index contributed by atoms with van der Waals surface area (Å²) < 4.78 is 11.5. The molecule has 132 valence electrons. The van der Waals surface area contributed by atoms with Crippen LogP contribution in [0, 0.1) is 0 Å². The molecular weight excluding hydrogens is 310 g/mol. The quantitative estimate of drug-likeness (QED) is 0.649. The van der Waals surface area contributed by atoms with Crippen molar-refractivity contribution in [2.75, 3.05) is 20.2 Å². The summed E-state index contributed by atoms with van der Waals surface area (Å²) >= 11 is 0. The molecule has 1 aliphatic carbocycles. The van der Waals surface area contributed by atoms with Crippen LogP contribution in [0.3, 0.4) is 0 Å². The van der Waals surface area contributed by atoms with Crippen molar-refractivity contribution in [1.82, 2.24) is 10.6 Å². The molecule has 0 unspecified atom stereocenters. The molecule has 1 aromatic carbocycles. The first-order valence-electron chi connectivity index (χ1n) is 8.20. The summed E-state index contributed by atoms with van der Waals surface area (Å²) in [6.07, 6.45) is 4.61. The van der Waals surface area contributed by atoms with E-state index < -0.39 is 0 Å². The van der Waals surface area contributed by atoms with Gasteiger partial charge in [0, 0.05) is 12.1 Å². The van der Waals surface area contributed by atoms with Crippen LogP contribution in [0.4, 0.5) is 0 Å². The lowest BCUT2D eigenvalue weighted by molar-refractivity contribution is -0.125. The van der Waals surface area contributed by atoms with Gasteiger partial charge < -0.3 is 25.8 Å². The van der Waals surface area contributed by atoms with Crippen molar-refractivity contribution in [2.45, 2.75) is 38.3 Å². The number of rotatable bonds is 8. The fourth-order valence-electron chi connectivity index (χ4n) is 2.68. The molecule has 1 saturated carbocycles. The van der Waals surface area contributed by atoms with Crippen LogP contribution in [0.1, 0.15) is 31.2 Å². The Morgan fingerprint density at radius 3 is 2.62 bits per heavy atom. The summed E-state index contributed by atoms with van der Waals surface area (Å²) in [5, 5.41) is 5.20. The Balaban J connectivity index is 1.98. The third-order valence-electron chi connectivity index (χ3n) is 3.97. The van der Waals surface area contributed by atoms with Crippen LogP contribution < -0.4 is 25.8 Å². The second-order valence-corrected chi connectivity index (χ2v) is 5.73. The number of ether oxygens (including phenoxy) is 2. The van der Waals surface area contributed by atoms with E-state index >= 15 is 0 Å². The van der Waals surface area contributed by atoms with E-state index in [1.807, 2.05) is 18.2 Å². The van der Waals surface area contributed by atoms with E-state index in [0.29, 0.717) is 18.0 Å². The minimum absolute atomic E-state index is 0.0984. The number of hydrogen-bond donors (Lipinski definition) is 3. The SMILES string of the molecule is COc1cccc(CNC(=O)CNC(=O)CN)c1OC1CCCC1. The second-order valence-electron chi connectivity index (χ2n) is 5.73. The molecule has 0 aliphatic heterocycles. The number of benzene rings is 1. The fraction of sp³-hybridized carbons (Fsp3) is 0.529. The lowest BCUT2D eigenvalue weighted by atomic mass is 10.1. The first-order valence-corrected chi connectivity index (χ1v) is 8.20. The van der Waals surface area contributed by atoms with Gasteiger partial charge in [-0.3, -0.25) is 9.59 Å². The molecular formula is C17H25N3O4. The molecule has 0 saturated heterocycles. The van der Waals surface area contributed by atoms with Gasteiger partial charge in [-0.25, -0.2) is 0 Å². The van der Waals surface area contributed by atoms with E-state index in [-0.39, 0.29) is 31.0 Å². The van der Waals surface area contributed by atoms with Crippen LogP contribution in [-0.4, -0.2) is 38.1 Å². The summed E-state index contributed by atoms with van der Waals surface area (Å²) in [5.41, 5.74) is 6.03. The van der Waals surface area contributed by atoms with E-state index in [9.17, 15) is 9.59 Å². The number of para-hydroxylation sites is 1. The Bertz CT molecular complexity index is 571. The Kier molecular flexibility index (Phi) is 6.87. The molecule has 2 amide bonds. The smallest absolute Gasteiger partial charge is 0.239 e. The predicted octanol–water partition coefficient (Wildman–Crippen LogP) is 0.708. The first-order chi connectivity index (χ1) is 11.6. The van der Waals surface area contributed by atoms with E-state index in [4.69, 9.17) is 15.2 Å². The van der Waals surface area contributed by atoms with Crippen LogP contribution in [0.15, 0.2) is 18.2 Å².